The van der Waals surface area contributed by atoms with Gasteiger partial charge in [-0.2, -0.15) is 0 Å². The summed E-state index contributed by atoms with van der Waals surface area (Å²) in [5.74, 6) is 0. The number of hydrogen-bond donors (Lipinski definition) is 0. The highest BCUT2D eigenvalue weighted by atomic mass is 32.1. The quantitative estimate of drug-likeness (QED) is 0.231. The third kappa shape index (κ3) is 3.45. The van der Waals surface area contributed by atoms with Crippen molar-refractivity contribution >= 4 is 49.3 Å². The second-order valence-electron chi connectivity index (χ2n) is 9.48. The molecule has 0 atom stereocenters. The number of aromatic nitrogens is 1. The molecule has 1 nitrogen and oxygen atoms in total. The topological polar surface area (TPSA) is 4.93 Å². The summed E-state index contributed by atoms with van der Waals surface area (Å²) < 4.78 is 3.70. The number of aryl methyl sites for hydroxylation is 1. The van der Waals surface area contributed by atoms with Gasteiger partial charge in [0, 0.05) is 26.0 Å². The van der Waals surface area contributed by atoms with Gasteiger partial charge in [-0.25, -0.2) is 0 Å². The molecule has 5 aromatic carbocycles. The molecule has 2 heteroatoms. The lowest BCUT2D eigenvalue weighted by atomic mass is 9.97. The van der Waals surface area contributed by atoms with Crippen molar-refractivity contribution < 1.29 is 0 Å². The summed E-state index contributed by atoms with van der Waals surface area (Å²) in [5.41, 5.74) is 9.89. The molecule has 0 radical (unpaired) electrons. The largest absolute Gasteiger partial charge is 0.309 e. The van der Waals surface area contributed by atoms with Gasteiger partial charge in [0.05, 0.1) is 11.0 Å². The first-order chi connectivity index (χ1) is 18.2. The van der Waals surface area contributed by atoms with Crippen LogP contribution in [0.4, 0.5) is 0 Å². The fourth-order valence-corrected chi connectivity index (χ4v) is 6.77. The number of hydrogen-bond acceptors (Lipinski definition) is 1. The molecule has 0 saturated carbocycles. The molecule has 0 bridgehead atoms. The molecule has 0 unspecified atom stereocenters. The molecule has 0 amide bonds. The Hall–Kier alpha value is -4.40. The average Bonchev–Trinajstić information content (AvgIpc) is 3.48. The van der Waals surface area contributed by atoms with E-state index >= 15 is 0 Å². The molecule has 0 saturated heterocycles. The van der Waals surface area contributed by atoms with Gasteiger partial charge in [0.15, 0.2) is 0 Å². The number of fused-ring (bicyclic) bond motifs is 4. The maximum Gasteiger partial charge on any atom is 0.0541 e. The third-order valence-corrected chi connectivity index (χ3v) is 8.71. The van der Waals surface area contributed by atoms with E-state index in [0.717, 1.165) is 0 Å². The summed E-state index contributed by atoms with van der Waals surface area (Å²) in [6.45, 7) is 6.21. The fourth-order valence-electron chi connectivity index (χ4n) is 5.58. The van der Waals surface area contributed by atoms with Crippen LogP contribution in [0, 0.1) is 6.92 Å². The zero-order chi connectivity index (χ0) is 24.9. The molecule has 2 aromatic heterocycles. The van der Waals surface area contributed by atoms with Crippen molar-refractivity contribution in [1.29, 1.82) is 0 Å². The van der Waals surface area contributed by atoms with Crippen molar-refractivity contribution in [2.24, 2.45) is 0 Å². The Kier molecular flexibility index (Phi) is 5.09. The first-order valence-electron chi connectivity index (χ1n) is 12.6. The summed E-state index contributed by atoms with van der Waals surface area (Å²) in [4.78, 5) is 1.25. The second-order valence-corrected chi connectivity index (χ2v) is 10.5. The van der Waals surface area contributed by atoms with Gasteiger partial charge >= 0.3 is 0 Å². The van der Waals surface area contributed by atoms with Crippen LogP contribution in [0.3, 0.4) is 0 Å². The van der Waals surface area contributed by atoms with Crippen LogP contribution < -0.4 is 0 Å². The smallest absolute Gasteiger partial charge is 0.0541 e. The number of thiophene rings is 1. The van der Waals surface area contributed by atoms with Gasteiger partial charge in [-0.15, -0.1) is 11.3 Å². The normalized spacial score (nSPS) is 11.5. The van der Waals surface area contributed by atoms with E-state index in [1.807, 2.05) is 17.4 Å². The predicted octanol–water partition coefficient (Wildman–Crippen LogP) is 10.3. The maximum absolute atomic E-state index is 4.02. The maximum atomic E-state index is 4.02. The second kappa shape index (κ2) is 8.62. The average molecular weight is 492 g/mol. The van der Waals surface area contributed by atoms with Crippen molar-refractivity contribution in [2.45, 2.75) is 6.92 Å². The van der Waals surface area contributed by atoms with E-state index in [1.54, 1.807) is 0 Å². The number of para-hydroxylation sites is 2. The van der Waals surface area contributed by atoms with E-state index in [1.165, 1.54) is 70.3 Å². The number of benzene rings is 5. The molecule has 176 valence electrons. The lowest BCUT2D eigenvalue weighted by molar-refractivity contribution is 1.18. The summed E-state index contributed by atoms with van der Waals surface area (Å²) in [7, 11) is 0. The van der Waals surface area contributed by atoms with E-state index < -0.39 is 0 Å². The van der Waals surface area contributed by atoms with Crippen LogP contribution in [0.5, 0.6) is 0 Å². The Labute approximate surface area is 220 Å². The van der Waals surface area contributed by atoms with Crippen molar-refractivity contribution in [1.82, 2.24) is 4.57 Å². The zero-order valence-electron chi connectivity index (χ0n) is 20.6. The van der Waals surface area contributed by atoms with Crippen molar-refractivity contribution in [2.75, 3.05) is 0 Å². The lowest BCUT2D eigenvalue weighted by Crippen LogP contribution is -1.94. The van der Waals surface area contributed by atoms with Gasteiger partial charge in [0.1, 0.15) is 0 Å². The van der Waals surface area contributed by atoms with E-state index in [4.69, 9.17) is 0 Å². The molecule has 0 spiro atoms. The molecule has 0 aliphatic heterocycles. The van der Waals surface area contributed by atoms with Crippen LogP contribution in [0.15, 0.2) is 122 Å². The Bertz CT molecular complexity index is 1910. The standard InChI is InChI=1S/C35H25NS/c1-3-34-23(2)28-17-10-18-29(35(28)37-34)26-13-8-11-24(21-26)25-12-9-14-27(22-25)36-32-19-6-4-15-30(32)31-16-5-7-20-33(31)36/h3-22H,1H2,2H3. The summed E-state index contributed by atoms with van der Waals surface area (Å²) in [6, 6.07) is 41.8. The van der Waals surface area contributed by atoms with E-state index in [9.17, 15) is 0 Å². The Morgan fingerprint density at radius 3 is 1.95 bits per heavy atom. The Balaban J connectivity index is 1.38. The molecule has 0 N–H and O–H groups in total. The third-order valence-electron chi connectivity index (χ3n) is 7.38. The molecule has 7 aromatic rings. The van der Waals surface area contributed by atoms with E-state index in [2.05, 4.69) is 133 Å². The minimum atomic E-state index is 1.17. The van der Waals surface area contributed by atoms with Gasteiger partial charge in [-0.05, 0) is 70.5 Å². The number of nitrogens with zero attached hydrogens (tertiary/aromatic N) is 1. The van der Waals surface area contributed by atoms with E-state index in [0.29, 0.717) is 0 Å². The molecule has 0 aliphatic rings. The molecule has 2 heterocycles. The van der Waals surface area contributed by atoms with Crippen molar-refractivity contribution in [3.63, 3.8) is 0 Å². The monoisotopic (exact) mass is 491 g/mol. The molecule has 7 rings (SSSR count). The van der Waals surface area contributed by atoms with Crippen LogP contribution in [0.2, 0.25) is 0 Å². The summed E-state index contributed by atoms with van der Waals surface area (Å²) >= 11 is 1.83. The minimum absolute atomic E-state index is 1.17. The predicted molar refractivity (Wildman–Crippen MR) is 162 cm³/mol. The van der Waals surface area contributed by atoms with Gasteiger partial charge in [0.2, 0.25) is 0 Å². The van der Waals surface area contributed by atoms with Crippen LogP contribution >= 0.6 is 11.3 Å². The first-order valence-corrected chi connectivity index (χ1v) is 13.4. The Morgan fingerprint density at radius 1 is 0.622 bits per heavy atom. The SMILES string of the molecule is C=Cc1sc2c(-c3cccc(-c4cccc(-n5c6ccccc6c6ccccc65)c4)c3)cccc2c1C. The minimum Gasteiger partial charge on any atom is -0.309 e. The van der Waals surface area contributed by atoms with Gasteiger partial charge < -0.3 is 4.57 Å². The molecule has 0 fully saturated rings. The highest BCUT2D eigenvalue weighted by Gasteiger charge is 2.14. The summed E-state index contributed by atoms with van der Waals surface area (Å²) in [6.07, 6.45) is 1.97. The Morgan fingerprint density at radius 2 is 1.22 bits per heavy atom. The van der Waals surface area contributed by atoms with Gasteiger partial charge in [-0.1, -0.05) is 97.6 Å². The van der Waals surface area contributed by atoms with E-state index in [-0.39, 0.29) is 0 Å². The van der Waals surface area contributed by atoms with Crippen LogP contribution in [0.1, 0.15) is 10.4 Å². The first kappa shape index (κ1) is 21.8. The zero-order valence-corrected chi connectivity index (χ0v) is 21.4. The molecule has 0 aliphatic carbocycles. The molecule has 37 heavy (non-hydrogen) atoms. The van der Waals surface area contributed by atoms with Gasteiger partial charge in [0.25, 0.3) is 0 Å². The van der Waals surface area contributed by atoms with Crippen LogP contribution in [-0.4, -0.2) is 4.57 Å². The van der Waals surface area contributed by atoms with Crippen molar-refractivity contribution in [3.05, 3.63) is 132 Å². The number of rotatable bonds is 4. The van der Waals surface area contributed by atoms with Crippen LogP contribution in [0.25, 0.3) is 65.9 Å². The van der Waals surface area contributed by atoms with Gasteiger partial charge in [-0.3, -0.25) is 0 Å². The summed E-state index contributed by atoms with van der Waals surface area (Å²) in [5, 5.41) is 3.88. The highest BCUT2D eigenvalue weighted by Crippen LogP contribution is 2.40. The fraction of sp³-hybridized carbons (Fsp3) is 0.0286. The molecular weight excluding hydrogens is 466 g/mol. The van der Waals surface area contributed by atoms with Crippen LogP contribution in [-0.2, 0) is 0 Å². The van der Waals surface area contributed by atoms with Crippen molar-refractivity contribution in [3.8, 4) is 27.9 Å². The highest BCUT2D eigenvalue weighted by molar-refractivity contribution is 7.20. The lowest BCUT2D eigenvalue weighted by Gasteiger charge is -2.11. The molecular formula is C35H25NS.